The van der Waals surface area contributed by atoms with Crippen molar-refractivity contribution in [2.75, 3.05) is 0 Å². The maximum atomic E-state index is 12.3. The number of benzene rings is 1. The Bertz CT molecular complexity index is 595. The van der Waals surface area contributed by atoms with E-state index in [1.807, 2.05) is 30.3 Å². The van der Waals surface area contributed by atoms with Gasteiger partial charge in [0.25, 0.3) is 0 Å². The normalized spacial score (nSPS) is 16.8. The number of aromatic nitrogens is 2. The smallest absolute Gasteiger partial charge is 0.226 e. The van der Waals surface area contributed by atoms with Crippen LogP contribution in [0, 0.1) is 5.41 Å². The minimum Gasteiger partial charge on any atom is -0.352 e. The molecule has 0 unspecified atom stereocenters. The summed E-state index contributed by atoms with van der Waals surface area (Å²) in [4.78, 5) is 12.3. The van der Waals surface area contributed by atoms with Crippen LogP contribution in [0.3, 0.4) is 0 Å². The average molecular weight is 283 g/mol. The third kappa shape index (κ3) is 2.99. The maximum absolute atomic E-state index is 12.3. The summed E-state index contributed by atoms with van der Waals surface area (Å²) in [5.74, 6) is 0.192. The van der Waals surface area contributed by atoms with Crippen LogP contribution in [0.25, 0.3) is 11.3 Å². The van der Waals surface area contributed by atoms with Gasteiger partial charge in [0.2, 0.25) is 5.91 Å². The van der Waals surface area contributed by atoms with Gasteiger partial charge in [-0.3, -0.25) is 9.89 Å². The number of hydrogen-bond donors (Lipinski definition) is 2. The fraction of sp³-hybridized carbons (Fsp3) is 0.412. The standard InChI is InChI=1S/C17H21N3O/c1-17(9-2-3-10-17)16(21)18-12-13-4-6-14(7-5-13)15-8-11-19-20-15/h4-8,11H,2-3,9-10,12H2,1H3,(H,18,21)(H,19,20). The van der Waals surface area contributed by atoms with Gasteiger partial charge in [0.05, 0.1) is 5.69 Å². The minimum absolute atomic E-state index is 0.157. The van der Waals surface area contributed by atoms with Gasteiger partial charge in [0.15, 0.2) is 0 Å². The van der Waals surface area contributed by atoms with Gasteiger partial charge in [-0.15, -0.1) is 0 Å². The van der Waals surface area contributed by atoms with Crippen LogP contribution >= 0.6 is 0 Å². The lowest BCUT2D eigenvalue weighted by atomic mass is 9.88. The molecule has 0 aliphatic heterocycles. The first-order chi connectivity index (χ1) is 10.2. The summed E-state index contributed by atoms with van der Waals surface area (Å²) in [6, 6.07) is 10.1. The molecular formula is C17H21N3O. The largest absolute Gasteiger partial charge is 0.352 e. The van der Waals surface area contributed by atoms with E-state index in [0.717, 1.165) is 29.7 Å². The van der Waals surface area contributed by atoms with Crippen molar-refractivity contribution in [1.29, 1.82) is 0 Å². The van der Waals surface area contributed by atoms with E-state index < -0.39 is 0 Å². The van der Waals surface area contributed by atoms with Gasteiger partial charge in [-0.1, -0.05) is 44.0 Å². The predicted molar refractivity (Wildman–Crippen MR) is 82.4 cm³/mol. The molecule has 0 bridgehead atoms. The van der Waals surface area contributed by atoms with E-state index in [0.29, 0.717) is 6.54 Å². The molecule has 2 N–H and O–H groups in total. The molecular weight excluding hydrogens is 262 g/mol. The van der Waals surface area contributed by atoms with Crippen molar-refractivity contribution in [3.8, 4) is 11.3 Å². The Kier molecular flexibility index (Phi) is 3.78. The summed E-state index contributed by atoms with van der Waals surface area (Å²) in [5, 5.41) is 9.97. The molecule has 21 heavy (non-hydrogen) atoms. The molecule has 1 saturated carbocycles. The Morgan fingerprint density at radius 1 is 1.24 bits per heavy atom. The summed E-state index contributed by atoms with van der Waals surface area (Å²) in [6.07, 6.45) is 6.10. The van der Waals surface area contributed by atoms with E-state index in [1.54, 1.807) is 6.20 Å². The van der Waals surface area contributed by atoms with Gasteiger partial charge in [0.1, 0.15) is 0 Å². The number of H-pyrrole nitrogens is 1. The molecule has 110 valence electrons. The fourth-order valence-corrected chi connectivity index (χ4v) is 3.00. The van der Waals surface area contributed by atoms with Crippen molar-refractivity contribution in [1.82, 2.24) is 15.5 Å². The quantitative estimate of drug-likeness (QED) is 0.904. The number of nitrogens with one attached hydrogen (secondary N) is 2. The van der Waals surface area contributed by atoms with E-state index >= 15 is 0 Å². The molecule has 0 radical (unpaired) electrons. The van der Waals surface area contributed by atoms with Crippen LogP contribution in [0.1, 0.15) is 38.2 Å². The van der Waals surface area contributed by atoms with E-state index in [9.17, 15) is 4.79 Å². The summed E-state index contributed by atoms with van der Waals surface area (Å²) in [6.45, 7) is 2.67. The second kappa shape index (κ2) is 5.72. The lowest BCUT2D eigenvalue weighted by molar-refractivity contribution is -0.130. The SMILES string of the molecule is CC1(C(=O)NCc2ccc(-c3ccn[nH]3)cc2)CCCC1. The van der Waals surface area contributed by atoms with Crippen LogP contribution in [-0.4, -0.2) is 16.1 Å². The highest BCUT2D eigenvalue weighted by Crippen LogP contribution is 2.37. The highest BCUT2D eigenvalue weighted by atomic mass is 16.2. The molecule has 0 saturated heterocycles. The molecule has 4 nitrogen and oxygen atoms in total. The van der Waals surface area contributed by atoms with E-state index in [-0.39, 0.29) is 11.3 Å². The number of carbonyl (C=O) groups excluding carboxylic acids is 1. The van der Waals surface area contributed by atoms with Gasteiger partial charge in [-0.05, 0) is 30.0 Å². The van der Waals surface area contributed by atoms with Crippen LogP contribution in [-0.2, 0) is 11.3 Å². The van der Waals surface area contributed by atoms with E-state index in [4.69, 9.17) is 0 Å². The highest BCUT2D eigenvalue weighted by Gasteiger charge is 2.35. The van der Waals surface area contributed by atoms with Crippen LogP contribution in [0.15, 0.2) is 36.5 Å². The van der Waals surface area contributed by atoms with Crippen molar-refractivity contribution in [2.45, 2.75) is 39.2 Å². The van der Waals surface area contributed by atoms with Crippen molar-refractivity contribution < 1.29 is 4.79 Å². The number of aromatic amines is 1. The zero-order valence-corrected chi connectivity index (χ0v) is 12.4. The first kappa shape index (κ1) is 13.9. The van der Waals surface area contributed by atoms with Gasteiger partial charge >= 0.3 is 0 Å². The molecule has 1 heterocycles. The second-order valence-electron chi connectivity index (χ2n) is 6.12. The molecule has 1 aliphatic carbocycles. The van der Waals surface area contributed by atoms with Crippen LogP contribution in [0.5, 0.6) is 0 Å². The number of amides is 1. The summed E-state index contributed by atoms with van der Waals surface area (Å²) in [5.41, 5.74) is 3.07. The van der Waals surface area contributed by atoms with Crippen molar-refractivity contribution in [3.63, 3.8) is 0 Å². The number of carbonyl (C=O) groups is 1. The number of hydrogen-bond acceptors (Lipinski definition) is 2. The summed E-state index contributed by atoms with van der Waals surface area (Å²) >= 11 is 0. The first-order valence-electron chi connectivity index (χ1n) is 7.54. The molecule has 3 rings (SSSR count). The minimum atomic E-state index is -0.157. The maximum Gasteiger partial charge on any atom is 0.226 e. The Hall–Kier alpha value is -2.10. The molecule has 1 aromatic carbocycles. The Balaban J connectivity index is 1.60. The van der Waals surface area contributed by atoms with Crippen molar-refractivity contribution in [3.05, 3.63) is 42.1 Å². The van der Waals surface area contributed by atoms with Crippen LogP contribution in [0.4, 0.5) is 0 Å². The van der Waals surface area contributed by atoms with Crippen molar-refractivity contribution in [2.24, 2.45) is 5.41 Å². The molecule has 1 fully saturated rings. The Labute approximate surface area is 125 Å². The third-order valence-corrected chi connectivity index (χ3v) is 4.47. The molecule has 2 aromatic rings. The monoisotopic (exact) mass is 283 g/mol. The van der Waals surface area contributed by atoms with Gasteiger partial charge in [-0.2, -0.15) is 5.10 Å². The average Bonchev–Trinajstić information content (AvgIpc) is 3.17. The van der Waals surface area contributed by atoms with Gasteiger partial charge in [-0.25, -0.2) is 0 Å². The molecule has 4 heteroatoms. The Morgan fingerprint density at radius 2 is 1.95 bits per heavy atom. The zero-order chi connectivity index (χ0) is 14.7. The first-order valence-corrected chi connectivity index (χ1v) is 7.54. The Morgan fingerprint density at radius 3 is 2.57 bits per heavy atom. The predicted octanol–water partition coefficient (Wildman–Crippen LogP) is 3.27. The number of rotatable bonds is 4. The van der Waals surface area contributed by atoms with E-state index in [2.05, 4.69) is 22.4 Å². The van der Waals surface area contributed by atoms with Crippen molar-refractivity contribution >= 4 is 5.91 Å². The lowest BCUT2D eigenvalue weighted by Crippen LogP contribution is -2.36. The number of nitrogens with zero attached hydrogens (tertiary/aromatic N) is 1. The molecule has 1 aliphatic rings. The second-order valence-corrected chi connectivity index (χ2v) is 6.12. The van der Waals surface area contributed by atoms with Crippen LogP contribution < -0.4 is 5.32 Å². The zero-order valence-electron chi connectivity index (χ0n) is 12.4. The van der Waals surface area contributed by atoms with Crippen LogP contribution in [0.2, 0.25) is 0 Å². The van der Waals surface area contributed by atoms with E-state index in [1.165, 1.54) is 12.8 Å². The van der Waals surface area contributed by atoms with Gasteiger partial charge in [0, 0.05) is 18.2 Å². The molecule has 0 atom stereocenters. The topological polar surface area (TPSA) is 57.8 Å². The van der Waals surface area contributed by atoms with Gasteiger partial charge < -0.3 is 5.32 Å². The highest BCUT2D eigenvalue weighted by molar-refractivity contribution is 5.82. The molecule has 1 aromatic heterocycles. The summed E-state index contributed by atoms with van der Waals surface area (Å²) in [7, 11) is 0. The fourth-order valence-electron chi connectivity index (χ4n) is 3.00. The summed E-state index contributed by atoms with van der Waals surface area (Å²) < 4.78 is 0. The molecule has 1 amide bonds. The lowest BCUT2D eigenvalue weighted by Gasteiger charge is -2.22. The molecule has 0 spiro atoms. The third-order valence-electron chi connectivity index (χ3n) is 4.47.